The number of aromatic nitrogens is 5. The summed E-state index contributed by atoms with van der Waals surface area (Å²) in [6.07, 6.45) is -12.2. The van der Waals surface area contributed by atoms with Crippen molar-refractivity contribution in [2.45, 2.75) is 72.7 Å². The number of hydrogen-bond donors (Lipinski definition) is 14. The van der Waals surface area contributed by atoms with Crippen molar-refractivity contribution in [3.8, 4) is 23.9 Å². The van der Waals surface area contributed by atoms with Crippen molar-refractivity contribution < 1.29 is 113 Å². The number of hydrogen-bond acceptors (Lipinski definition) is 23. The molecule has 372 valence electrons. The monoisotopic (exact) mass is 1110 g/mol. The Morgan fingerprint density at radius 1 is 0.682 bits per heavy atom. The maximum Gasteiger partial charge on any atom is 0.490 e. The molecule has 0 spiro atoms. The van der Waals surface area contributed by atoms with Crippen molar-refractivity contribution in [1.29, 1.82) is 0 Å². The Morgan fingerprint density at radius 3 is 1.41 bits per heavy atom. The highest BCUT2D eigenvalue weighted by atomic mass is 35.5. The summed E-state index contributed by atoms with van der Waals surface area (Å²) in [6.45, 7) is 2.01. The minimum Gasteiger partial charge on any atom is -0.387 e. The second-order valence-electron chi connectivity index (χ2n) is 12.6. The summed E-state index contributed by atoms with van der Waals surface area (Å²) >= 11 is 12.6. The molecule has 0 saturated carbocycles. The first-order valence-electron chi connectivity index (χ1n) is 16.5. The second kappa shape index (κ2) is 21.1. The highest BCUT2D eigenvalue weighted by molar-refractivity contribution is 7.67. The van der Waals surface area contributed by atoms with E-state index in [0.29, 0.717) is 10.9 Å². The molecule has 14 atom stereocenters. The van der Waals surface area contributed by atoms with Crippen LogP contribution in [0.25, 0.3) is 0 Å². The summed E-state index contributed by atoms with van der Waals surface area (Å²) in [5.74, 6) is 4.43. The molecule has 43 heteroatoms. The number of rotatable bonds is 16. The van der Waals surface area contributed by atoms with E-state index in [1.807, 2.05) is 17.1 Å². The van der Waals surface area contributed by atoms with Crippen LogP contribution >= 0.6 is 70.1 Å². The number of nitrogens with one attached hydrogen (secondary N) is 2. The first-order chi connectivity index (χ1) is 29.8. The molecule has 4 rings (SSSR count). The molecule has 0 bridgehead atoms. The van der Waals surface area contributed by atoms with Crippen molar-refractivity contribution >= 4 is 70.1 Å². The number of nitrogens with zero attached hydrogens (tertiary/aromatic N) is 3. The fourth-order valence-electron chi connectivity index (χ4n) is 5.45. The van der Waals surface area contributed by atoms with E-state index in [1.54, 1.807) is 4.98 Å². The number of aromatic amines is 2. The number of H-pyrrole nitrogens is 2. The number of phosphoric acid groups is 6. The lowest BCUT2D eigenvalue weighted by molar-refractivity contribution is -0.0753. The van der Waals surface area contributed by atoms with E-state index >= 15 is 0 Å². The lowest BCUT2D eigenvalue weighted by Crippen LogP contribution is -2.45. The smallest absolute Gasteiger partial charge is 0.387 e. The van der Waals surface area contributed by atoms with Crippen LogP contribution in [0.15, 0.2) is 37.8 Å². The molecule has 2 aliphatic heterocycles. The third-order valence-corrected chi connectivity index (χ3v) is 16.6. The molecular formula is C23H33Cl2N7O28P6. The van der Waals surface area contributed by atoms with Crippen LogP contribution < -0.4 is 34.1 Å². The molecular weight excluding hydrogens is 1080 g/mol. The van der Waals surface area contributed by atoms with E-state index in [2.05, 4.69) is 43.1 Å². The standard InChI is InChI=1S/C12H17ClN3O14P3.C11H16ClN4O14P3/c1-6(28-32(23,24)30-33(25,26)29-31(20,21)22)8-9(18)12(13,3-4-14)10(27-8)16-5-2-7(17)15-11(16)19;1-5(28-32(23,24)30-33(25,26)29-31(20,21)22)6-7(17)11(12,2-3-13)8(27-6)16-4-14-9(18)15-10(16)19/h2,5-6,8-10,18H,14H2,1H3,(H,23,24)(H,25,26)(H,15,17,19)(H2,20,21,22);4-8,17H,13H2,1H3,(H,23,24)(H,25,26)(H,15,18,19)(H2,20,21,22)/t6-,8-,9+,10-,12?;5-,6-,7+,8-,11?/m11/s1. The fraction of sp³-hybridized carbons (Fsp3) is 0.522. The molecule has 4 heterocycles. The van der Waals surface area contributed by atoms with Gasteiger partial charge in [0.15, 0.2) is 22.2 Å². The average molecular weight is 1110 g/mol. The topological polar surface area (TPSA) is 553 Å². The lowest BCUT2D eigenvalue weighted by atomic mass is 9.97. The van der Waals surface area contributed by atoms with Gasteiger partial charge in [-0.1, -0.05) is 23.2 Å². The molecule has 2 aromatic heterocycles. The molecule has 2 aromatic rings. The van der Waals surface area contributed by atoms with Crippen LogP contribution in [-0.2, 0) is 63.2 Å². The van der Waals surface area contributed by atoms with Crippen molar-refractivity contribution in [2.24, 2.45) is 11.5 Å². The van der Waals surface area contributed by atoms with Gasteiger partial charge in [-0.2, -0.15) is 22.2 Å². The van der Waals surface area contributed by atoms with E-state index in [9.17, 15) is 76.4 Å². The molecule has 66 heavy (non-hydrogen) atoms. The van der Waals surface area contributed by atoms with Crippen molar-refractivity contribution in [2.75, 3.05) is 0 Å². The second-order valence-corrected chi connectivity index (χ2v) is 22.6. The van der Waals surface area contributed by atoms with E-state index < -0.39 is 128 Å². The normalized spacial score (nSPS) is 30.0. The van der Waals surface area contributed by atoms with E-state index in [0.717, 1.165) is 30.7 Å². The molecule has 2 saturated heterocycles. The predicted molar refractivity (Wildman–Crippen MR) is 210 cm³/mol. The molecule has 2 fully saturated rings. The third kappa shape index (κ3) is 15.1. The van der Waals surface area contributed by atoms with Gasteiger partial charge in [0.25, 0.3) is 5.56 Å². The van der Waals surface area contributed by atoms with Gasteiger partial charge in [0.2, 0.25) is 0 Å². The van der Waals surface area contributed by atoms with E-state index in [1.165, 1.54) is 0 Å². The molecule has 16 N–H and O–H groups in total. The summed E-state index contributed by atoms with van der Waals surface area (Å²) in [6, 6.07) is 4.77. The van der Waals surface area contributed by atoms with Gasteiger partial charge in [-0.25, -0.2) is 41.8 Å². The zero-order valence-corrected chi connectivity index (χ0v) is 39.0. The summed E-state index contributed by atoms with van der Waals surface area (Å²) in [4.78, 5) is 121. The number of ether oxygens (including phenoxy) is 2. The molecule has 0 aliphatic carbocycles. The number of halogens is 2. The minimum atomic E-state index is -5.80. The first kappa shape index (κ1) is 57.6. The van der Waals surface area contributed by atoms with Crippen LogP contribution in [0.5, 0.6) is 0 Å². The van der Waals surface area contributed by atoms with Gasteiger partial charge >= 0.3 is 64.0 Å². The maximum absolute atomic E-state index is 12.1. The summed E-state index contributed by atoms with van der Waals surface area (Å²) in [5, 5.41) is 21.3. The van der Waals surface area contributed by atoms with Gasteiger partial charge in [0, 0.05) is 24.4 Å². The van der Waals surface area contributed by atoms with Gasteiger partial charge in [-0.3, -0.25) is 32.9 Å². The number of aliphatic hydroxyl groups excluding tert-OH is 2. The zero-order valence-electron chi connectivity index (χ0n) is 32.1. The lowest BCUT2D eigenvalue weighted by Gasteiger charge is -2.26. The zero-order chi connectivity index (χ0) is 50.8. The molecule has 6 unspecified atom stereocenters. The van der Waals surface area contributed by atoms with Crippen LogP contribution in [0.3, 0.4) is 0 Å². The number of alkyl halides is 2. The van der Waals surface area contributed by atoms with Gasteiger partial charge in [0.1, 0.15) is 30.7 Å². The highest BCUT2D eigenvalue weighted by Crippen LogP contribution is 2.68. The number of nitrogens with two attached hydrogens (primary N) is 2. The molecule has 35 nitrogen and oxygen atoms in total. The summed E-state index contributed by atoms with van der Waals surface area (Å²) in [5.41, 5.74) is 6.44. The SMILES string of the molecule is C[C@@H](OP(=O)(O)OP(=O)(O)OP(=O)(O)O)[C@H]1O[C@@H](n2ccc(=O)[nH]c2=O)C(Cl)(C#CN)[C@H]1O.C[C@@H](OP(=O)(O)OP(=O)(O)OP(=O)(O)O)[C@H]1O[C@@H](n2cnc(=O)[nH]c2=O)C(Cl)(C#CN)[C@H]1O. The Kier molecular flexibility index (Phi) is 18.4. The van der Waals surface area contributed by atoms with Crippen molar-refractivity contribution in [1.82, 2.24) is 24.1 Å². The van der Waals surface area contributed by atoms with E-state index in [4.69, 9.17) is 63.7 Å². The molecule has 0 radical (unpaired) electrons. The largest absolute Gasteiger partial charge is 0.490 e. The number of phosphoric ester groups is 2. The molecule has 2 aliphatic rings. The minimum absolute atomic E-state index is 0.625. The van der Waals surface area contributed by atoms with Gasteiger partial charge < -0.3 is 70.3 Å². The summed E-state index contributed by atoms with van der Waals surface area (Å²) in [7, 11) is -34.0. The van der Waals surface area contributed by atoms with E-state index in [-0.39, 0.29) is 0 Å². The van der Waals surface area contributed by atoms with Crippen LogP contribution in [0.4, 0.5) is 0 Å². The molecule has 0 aromatic carbocycles. The quantitative estimate of drug-likeness (QED) is 0.0332. The van der Waals surface area contributed by atoms with Gasteiger partial charge in [-0.15, -0.1) is 0 Å². The first-order valence-corrected chi connectivity index (χ1v) is 26.2. The van der Waals surface area contributed by atoms with Crippen molar-refractivity contribution in [3.05, 3.63) is 60.4 Å². The number of aliphatic hydroxyl groups is 2. The fourth-order valence-corrected chi connectivity index (χ4v) is 12.5. The predicted octanol–water partition coefficient (Wildman–Crippen LogP) is -3.76. The molecule has 0 amide bonds. The van der Waals surface area contributed by atoms with Gasteiger partial charge in [-0.05, 0) is 25.7 Å². The van der Waals surface area contributed by atoms with Crippen molar-refractivity contribution in [3.63, 3.8) is 0 Å². The van der Waals surface area contributed by atoms with Crippen LogP contribution in [0.1, 0.15) is 26.3 Å². The highest BCUT2D eigenvalue weighted by Gasteiger charge is 2.60. The Morgan fingerprint density at radius 2 is 1.06 bits per heavy atom. The Hall–Kier alpha value is -2.75. The Balaban J connectivity index is 0.000000350. The Bertz CT molecular complexity index is 2620. The Labute approximate surface area is 374 Å². The third-order valence-electron chi connectivity index (χ3n) is 7.76. The average Bonchev–Trinajstić information content (AvgIpc) is 3.50. The van der Waals surface area contributed by atoms with Crippen LogP contribution in [0.2, 0.25) is 0 Å². The van der Waals surface area contributed by atoms with Crippen LogP contribution in [0, 0.1) is 23.9 Å². The summed E-state index contributed by atoms with van der Waals surface area (Å²) < 4.78 is 104. The van der Waals surface area contributed by atoms with Gasteiger partial charge in [0.05, 0.1) is 12.2 Å². The maximum atomic E-state index is 12.1. The van der Waals surface area contributed by atoms with Crippen LogP contribution in [-0.4, -0.2) is 120 Å².